The second kappa shape index (κ2) is 59.6. The van der Waals surface area contributed by atoms with Crippen molar-refractivity contribution in [2.24, 2.45) is 30.6 Å². The maximum absolute atomic E-state index is 13.9. The molecule has 1 amide bonds. The second-order valence-corrected chi connectivity index (χ2v) is 41.4. The number of nitrogens with zero attached hydrogens (tertiary/aromatic N) is 17. The lowest BCUT2D eigenvalue weighted by molar-refractivity contribution is -0.384. The lowest BCUT2D eigenvalue weighted by Gasteiger charge is -2.23. The van der Waals surface area contributed by atoms with Gasteiger partial charge in [0.15, 0.2) is 29.6 Å². The summed E-state index contributed by atoms with van der Waals surface area (Å²) < 4.78 is 38.6. The Kier molecular flexibility index (Phi) is 47.0. The van der Waals surface area contributed by atoms with Crippen LogP contribution in [0.15, 0.2) is 232 Å². The molecule has 4 aliphatic heterocycles. The molecule has 12 aromatic rings. The molecule has 4 aliphatic rings. The van der Waals surface area contributed by atoms with Crippen molar-refractivity contribution < 1.29 is 71.7 Å². The highest BCUT2D eigenvalue weighted by molar-refractivity contribution is 8.15. The van der Waals surface area contributed by atoms with Crippen LogP contribution in [-0.2, 0) is 35.3 Å². The van der Waals surface area contributed by atoms with E-state index in [9.17, 15) is 62.4 Å². The molecule has 0 saturated carbocycles. The first kappa shape index (κ1) is 117. The molecule has 0 atom stereocenters. The largest absolute Gasteiger partial charge is 0.512 e. The van der Waals surface area contributed by atoms with E-state index in [2.05, 4.69) is 126 Å². The molecule has 37 nitrogen and oxygen atoms in total. The number of H-pyrrole nitrogens is 4. The third kappa shape index (κ3) is 38.6. The highest BCUT2D eigenvalue weighted by atomic mass is 35.5. The quantitative estimate of drug-likeness (QED) is 0.00594. The fourth-order valence-corrected chi connectivity index (χ4v) is 18.5. The van der Waals surface area contributed by atoms with Crippen LogP contribution >= 0.6 is 106 Å². The van der Waals surface area contributed by atoms with Gasteiger partial charge in [-0.15, -0.1) is 82.7 Å². The van der Waals surface area contributed by atoms with Crippen molar-refractivity contribution in [3.05, 3.63) is 242 Å². The number of rotatable bonds is 36. The van der Waals surface area contributed by atoms with E-state index in [0.29, 0.717) is 124 Å². The van der Waals surface area contributed by atoms with E-state index in [1.54, 1.807) is 104 Å². The normalized spacial score (nSPS) is 12.7. The fraction of sp³-hybridized carbons (Fsp3) is 0.287. The lowest BCUT2D eigenvalue weighted by atomic mass is 10.0. The van der Waals surface area contributed by atoms with E-state index < -0.39 is 16.6 Å². The summed E-state index contributed by atoms with van der Waals surface area (Å²) in [6, 6.07) is 48.8. The number of amides is 1. The van der Waals surface area contributed by atoms with Gasteiger partial charge >= 0.3 is 0 Å². The van der Waals surface area contributed by atoms with Gasteiger partial charge in [-0.2, -0.15) is 15.3 Å². The molecule has 48 heteroatoms. The number of hydrogen-bond donors (Lipinski definition) is 8. The highest BCUT2D eigenvalue weighted by Crippen LogP contribution is 2.36. The van der Waals surface area contributed by atoms with E-state index in [0.717, 1.165) is 116 Å². The number of anilines is 2. The maximum atomic E-state index is 13.9. The summed E-state index contributed by atoms with van der Waals surface area (Å²) in [7, 11) is 9.04. The zero-order chi connectivity index (χ0) is 108. The first-order valence-electron chi connectivity index (χ1n) is 45.5. The van der Waals surface area contributed by atoms with Crippen molar-refractivity contribution in [2.75, 3.05) is 105 Å². The van der Waals surface area contributed by atoms with E-state index in [-0.39, 0.29) is 98.3 Å². The SMILES string of the molecule is C=C(O)CSc1n[nH]c(-c2ccc(N(C)C)cc2[N+](=O)[O-])n1.CC(=O)CSC1=NN=C(c2cc(C)cc(C=O)c2O)C1.CC(=O)CSC1=NN=C(c2ccc(OC3CCNCC3)cc2)C1.CC(=O)CSc1n[nH]c(-c2ccc(CN(C)C)cc2)n1.CC(=O)CSc1n[nH]c(-c2cccc(C(=O)Nc3ccccc3Cl)c2)n1.COc1cc(F)c(C2=NN=C(SCC(C)=O)C2)c(F)c1.CSc1ccccc1-c1nc(SCC(C)=O)n[nH]1. The number of aromatic nitrogens is 12. The van der Waals surface area contributed by atoms with Crippen molar-refractivity contribution >= 4 is 202 Å². The van der Waals surface area contributed by atoms with E-state index >= 15 is 0 Å². The Morgan fingerprint density at radius 2 is 1.01 bits per heavy atom. The molecular formula is C101H108ClF2N23O14S8. The number of aldehydes is 1. The number of methoxy groups -OCH3 is 1. The van der Waals surface area contributed by atoms with Crippen molar-refractivity contribution in [1.82, 2.24) is 70.9 Å². The number of carbonyl (C=O) groups excluding carboxylic acids is 8. The van der Waals surface area contributed by atoms with Crippen molar-refractivity contribution in [3.63, 3.8) is 0 Å². The Morgan fingerprint density at radius 1 is 0.537 bits per heavy atom. The number of nitrogens with one attached hydrogen (secondary N) is 6. The molecule has 0 aliphatic carbocycles. The number of aryl methyl sites for hydroxylation is 1. The number of thioether (sulfide) groups is 8. The number of aliphatic hydroxyl groups is 1. The number of phenols is 1. The summed E-state index contributed by atoms with van der Waals surface area (Å²) in [5, 5.41) is 92.9. The predicted molar refractivity (Wildman–Crippen MR) is 593 cm³/mol. The van der Waals surface area contributed by atoms with Crippen LogP contribution in [0, 0.1) is 28.7 Å². The minimum atomic E-state index is -0.742. The summed E-state index contributed by atoms with van der Waals surface area (Å²) >= 11 is 16.9. The molecule has 780 valence electrons. The molecule has 1 saturated heterocycles. The number of aliphatic hydroxyl groups excluding tert-OH is 1. The Balaban J connectivity index is 0.000000178. The molecular weight excluding hydrogens is 2090 g/mol. The molecule has 0 spiro atoms. The van der Waals surface area contributed by atoms with Crippen molar-refractivity contribution in [1.29, 1.82) is 0 Å². The molecule has 8 heterocycles. The van der Waals surface area contributed by atoms with Crippen LogP contribution in [0.3, 0.4) is 0 Å². The van der Waals surface area contributed by atoms with Gasteiger partial charge in [-0.05, 0) is 190 Å². The molecule has 0 radical (unpaired) electrons. The fourth-order valence-electron chi connectivity index (χ4n) is 13.2. The minimum absolute atomic E-state index is 0.00737. The van der Waals surface area contributed by atoms with Gasteiger partial charge in [0.05, 0.1) is 103 Å². The number of nitro groups is 1. The molecule has 16 rings (SSSR count). The van der Waals surface area contributed by atoms with E-state index in [1.165, 1.54) is 122 Å². The van der Waals surface area contributed by atoms with E-state index in [4.69, 9.17) is 26.2 Å². The second-order valence-electron chi connectivity index (χ2n) is 33.2. The molecule has 0 bridgehead atoms. The number of carbonyl (C=O) groups is 8. The number of benzene rings is 8. The zero-order valence-corrected chi connectivity index (χ0v) is 90.6. The zero-order valence-electron chi connectivity index (χ0n) is 83.4. The van der Waals surface area contributed by atoms with Crippen molar-refractivity contribution in [2.45, 2.75) is 119 Å². The molecule has 8 aromatic carbocycles. The monoisotopic (exact) mass is 2200 g/mol. The van der Waals surface area contributed by atoms with Crippen LogP contribution in [0.5, 0.6) is 17.2 Å². The number of nitro benzene ring substituents is 1. The maximum Gasteiger partial charge on any atom is 0.282 e. The average Bonchev–Trinajstić information content (AvgIpc) is 1.74. The number of ketones is 6. The number of ether oxygens (including phenoxy) is 2. The van der Waals surface area contributed by atoms with Crippen LogP contribution in [0.1, 0.15) is 122 Å². The topological polar surface area (TPSA) is 510 Å². The van der Waals surface area contributed by atoms with Crippen LogP contribution in [0.2, 0.25) is 5.02 Å². The Bertz CT molecular complexity index is 6930. The summed E-state index contributed by atoms with van der Waals surface area (Å²) in [5.41, 5.74) is 10.3. The summed E-state index contributed by atoms with van der Waals surface area (Å²) in [4.78, 5) is 122. The van der Waals surface area contributed by atoms with Gasteiger partial charge in [0.1, 0.15) is 84.8 Å². The van der Waals surface area contributed by atoms with Crippen LogP contribution in [-0.4, -0.2) is 261 Å². The standard InChI is InChI=1S/C18H15ClN4O2S.C17H21N3O2S.C14H18N4OS.C14H14N2O3S.C13H12F2N2O2S.C13H15N5O3S.C12H13N3OS2/c1-11(24)10-26-18-21-16(22-23-18)12-5-4-6-13(9-12)17(25)20-15-8-3-2-7-14(15)19;1-12(21)11-23-17-10-16(19-20-17)13-2-4-14(5-3-13)22-15-6-8-18-9-7-15;1-10(19)9-20-14-15-13(16-17-14)12-6-4-11(5-7-12)8-18(2)3;1-8-3-10(6-17)14(19)11(4-8)12-5-13(16-15-12)20-7-9(2)18;1-7(18)6-20-12-5-11(16-17-12)13-9(14)3-8(19-2)4-10(13)15;1-8(19)7-22-13-14-12(15-16-13)10-5-4-9(17(2)3)6-11(10)18(20)21;1-8(16)7-18-12-13-11(14-15-12)9-5-3-4-6-10(9)17-2/h2-9H,10H2,1H3,(H,20,25)(H,21,22,23);2-5,15,18H,6-11H2,1H3;4-7H,8-9H2,1-3H3,(H,15,16,17);3-4,6,19H,5,7H2,1-2H3;3-4H,5-6H2,1-2H3;4-6,19H,1,7H2,2-3H3,(H,14,15,16);3-6H,7H2,1-2H3,(H,13,14,15). The van der Waals surface area contributed by atoms with Gasteiger partial charge in [-0.1, -0.05) is 132 Å². The van der Waals surface area contributed by atoms with Crippen LogP contribution in [0.4, 0.5) is 25.8 Å². The number of phenolic OH excluding ortho intramolecular Hbond substituents is 1. The third-order valence-electron chi connectivity index (χ3n) is 20.2. The number of para-hydroxylation sites is 1. The van der Waals surface area contributed by atoms with Crippen molar-refractivity contribution in [3.8, 4) is 62.8 Å². The van der Waals surface area contributed by atoms with Gasteiger partial charge in [-0.25, -0.2) is 28.7 Å². The summed E-state index contributed by atoms with van der Waals surface area (Å²) in [5.74, 6) is 4.53. The first-order chi connectivity index (χ1) is 71.4. The molecule has 149 heavy (non-hydrogen) atoms. The average molecular weight is 2200 g/mol. The number of halogens is 3. The smallest absolute Gasteiger partial charge is 0.282 e. The van der Waals surface area contributed by atoms with Crippen LogP contribution in [0.25, 0.3) is 45.6 Å². The molecule has 8 N–H and O–H groups in total. The highest BCUT2D eigenvalue weighted by Gasteiger charge is 2.27. The summed E-state index contributed by atoms with van der Waals surface area (Å²) in [6.07, 6.45) is 6.45. The summed E-state index contributed by atoms with van der Waals surface area (Å²) in [6.45, 7) is 17.4. The van der Waals surface area contributed by atoms with Gasteiger partial charge in [0, 0.05) is 96.5 Å². The number of aromatic amines is 4. The predicted octanol–water partition coefficient (Wildman–Crippen LogP) is 19.5. The molecule has 0 unspecified atom stereocenters. The number of aromatic hydroxyl groups is 1. The van der Waals surface area contributed by atoms with Gasteiger partial charge in [0.2, 0.25) is 20.6 Å². The number of Topliss-reactive ketones (excluding diaryl/α,β-unsaturated/α-hetero) is 6. The van der Waals surface area contributed by atoms with Gasteiger partial charge in [-0.3, -0.25) is 68.9 Å². The number of piperidine rings is 1. The molecule has 1 fully saturated rings. The van der Waals surface area contributed by atoms with Gasteiger partial charge < -0.3 is 40.1 Å². The molecule has 4 aromatic heterocycles. The van der Waals surface area contributed by atoms with Crippen LogP contribution < -0.4 is 25.0 Å². The Hall–Kier alpha value is -13.5. The Morgan fingerprint density at radius 3 is 1.52 bits per heavy atom. The lowest BCUT2D eigenvalue weighted by Crippen LogP contribution is -2.34. The Labute approximate surface area is 897 Å². The van der Waals surface area contributed by atoms with E-state index in [1.807, 2.05) is 108 Å². The first-order valence-corrected chi connectivity index (χ1v) is 54.0. The third-order valence-corrected chi connectivity index (χ3v) is 28.5. The number of hydrogen-bond acceptors (Lipinski definition) is 39. The van der Waals surface area contributed by atoms with Gasteiger partial charge in [0.25, 0.3) is 11.6 Å². The minimum Gasteiger partial charge on any atom is -0.512 e.